The molecule has 14 heavy (non-hydrogen) atoms. The fourth-order valence-corrected chi connectivity index (χ4v) is 1.17. The second kappa shape index (κ2) is 3.62. The fraction of sp³-hybridized carbons (Fsp3) is 0.273. The van der Waals surface area contributed by atoms with Crippen molar-refractivity contribution < 1.29 is 4.42 Å². The van der Waals surface area contributed by atoms with E-state index >= 15 is 0 Å². The van der Waals surface area contributed by atoms with Crippen LogP contribution in [0.1, 0.15) is 25.7 Å². The van der Waals surface area contributed by atoms with Gasteiger partial charge in [0.2, 0.25) is 11.8 Å². The average molecular weight is 188 g/mol. The van der Waals surface area contributed by atoms with Crippen LogP contribution < -0.4 is 0 Å². The lowest BCUT2D eigenvalue weighted by atomic mass is 10.2. The summed E-state index contributed by atoms with van der Waals surface area (Å²) >= 11 is 0. The van der Waals surface area contributed by atoms with Crippen LogP contribution in [0.4, 0.5) is 0 Å². The molecule has 0 aliphatic carbocycles. The van der Waals surface area contributed by atoms with Gasteiger partial charge < -0.3 is 4.42 Å². The van der Waals surface area contributed by atoms with Crippen molar-refractivity contribution in [2.24, 2.45) is 0 Å². The second-order valence-corrected chi connectivity index (χ2v) is 3.47. The van der Waals surface area contributed by atoms with Crippen LogP contribution in [0.3, 0.4) is 0 Å². The van der Waals surface area contributed by atoms with Gasteiger partial charge in [-0.05, 0) is 12.1 Å². The van der Waals surface area contributed by atoms with E-state index in [1.807, 2.05) is 44.2 Å². The van der Waals surface area contributed by atoms with Gasteiger partial charge in [-0.25, -0.2) is 0 Å². The summed E-state index contributed by atoms with van der Waals surface area (Å²) in [6.07, 6.45) is 0. The number of aromatic nitrogens is 2. The van der Waals surface area contributed by atoms with Gasteiger partial charge in [0.05, 0.1) is 0 Å². The first kappa shape index (κ1) is 8.94. The summed E-state index contributed by atoms with van der Waals surface area (Å²) in [6, 6.07) is 9.78. The van der Waals surface area contributed by atoms with Gasteiger partial charge in [0.15, 0.2) is 0 Å². The molecule has 0 radical (unpaired) electrons. The average Bonchev–Trinajstić information content (AvgIpc) is 2.68. The zero-order chi connectivity index (χ0) is 9.97. The molecule has 0 N–H and O–H groups in total. The van der Waals surface area contributed by atoms with Gasteiger partial charge in [-0.15, -0.1) is 10.2 Å². The summed E-state index contributed by atoms with van der Waals surface area (Å²) in [7, 11) is 0. The van der Waals surface area contributed by atoms with Crippen molar-refractivity contribution in [3.05, 3.63) is 36.2 Å². The zero-order valence-corrected chi connectivity index (χ0v) is 8.27. The number of hydrogen-bond donors (Lipinski definition) is 0. The van der Waals surface area contributed by atoms with Crippen molar-refractivity contribution >= 4 is 0 Å². The molecular weight excluding hydrogens is 176 g/mol. The predicted octanol–water partition coefficient (Wildman–Crippen LogP) is 2.86. The first-order valence-electron chi connectivity index (χ1n) is 4.66. The van der Waals surface area contributed by atoms with Gasteiger partial charge in [-0.2, -0.15) is 0 Å². The Bertz CT molecular complexity index is 406. The van der Waals surface area contributed by atoms with E-state index in [0.717, 1.165) is 5.56 Å². The van der Waals surface area contributed by atoms with Crippen LogP contribution in [0, 0.1) is 0 Å². The van der Waals surface area contributed by atoms with Gasteiger partial charge in [0.25, 0.3) is 0 Å². The summed E-state index contributed by atoms with van der Waals surface area (Å²) in [5, 5.41) is 7.97. The summed E-state index contributed by atoms with van der Waals surface area (Å²) in [6.45, 7) is 4.06. The molecule has 0 saturated heterocycles. The molecule has 0 unspecified atom stereocenters. The summed E-state index contributed by atoms with van der Waals surface area (Å²) in [5.41, 5.74) is 0.965. The van der Waals surface area contributed by atoms with E-state index in [1.54, 1.807) is 0 Å². The van der Waals surface area contributed by atoms with Crippen LogP contribution in [0.15, 0.2) is 34.7 Å². The third-order valence-corrected chi connectivity index (χ3v) is 1.96. The zero-order valence-electron chi connectivity index (χ0n) is 8.27. The van der Waals surface area contributed by atoms with E-state index in [0.29, 0.717) is 11.8 Å². The van der Waals surface area contributed by atoms with Crippen LogP contribution in [-0.4, -0.2) is 10.2 Å². The predicted molar refractivity (Wildman–Crippen MR) is 53.8 cm³/mol. The number of hydrogen-bond acceptors (Lipinski definition) is 3. The van der Waals surface area contributed by atoms with E-state index in [4.69, 9.17) is 4.42 Å². The Morgan fingerprint density at radius 1 is 1.07 bits per heavy atom. The van der Waals surface area contributed by atoms with Crippen LogP contribution >= 0.6 is 0 Å². The minimum atomic E-state index is 0.278. The number of rotatable bonds is 2. The summed E-state index contributed by atoms with van der Waals surface area (Å²) in [4.78, 5) is 0. The van der Waals surface area contributed by atoms with E-state index in [9.17, 15) is 0 Å². The lowest BCUT2D eigenvalue weighted by Gasteiger charge is -1.95. The Balaban J connectivity index is 2.34. The molecule has 1 aromatic heterocycles. The SMILES string of the molecule is CC(C)c1nnc(-c2ccccc2)o1. The Morgan fingerprint density at radius 3 is 2.36 bits per heavy atom. The van der Waals surface area contributed by atoms with Crippen molar-refractivity contribution in [3.63, 3.8) is 0 Å². The van der Waals surface area contributed by atoms with Gasteiger partial charge in [0, 0.05) is 11.5 Å². The largest absolute Gasteiger partial charge is 0.420 e. The molecule has 0 amide bonds. The smallest absolute Gasteiger partial charge is 0.247 e. The van der Waals surface area contributed by atoms with E-state index in [2.05, 4.69) is 10.2 Å². The normalized spacial score (nSPS) is 10.8. The Morgan fingerprint density at radius 2 is 1.79 bits per heavy atom. The summed E-state index contributed by atoms with van der Waals surface area (Å²) < 4.78 is 5.51. The summed E-state index contributed by atoms with van der Waals surface area (Å²) in [5.74, 6) is 1.55. The Hall–Kier alpha value is -1.64. The Labute approximate surface area is 82.8 Å². The van der Waals surface area contributed by atoms with Crippen LogP contribution in [0.5, 0.6) is 0 Å². The van der Waals surface area contributed by atoms with Gasteiger partial charge in [0.1, 0.15) is 0 Å². The molecule has 0 atom stereocenters. The molecule has 0 aliphatic rings. The first-order chi connectivity index (χ1) is 6.77. The Kier molecular flexibility index (Phi) is 2.31. The molecule has 0 saturated carbocycles. The molecule has 1 heterocycles. The highest BCUT2D eigenvalue weighted by Gasteiger charge is 2.10. The van der Waals surface area contributed by atoms with Crippen molar-refractivity contribution in [3.8, 4) is 11.5 Å². The third kappa shape index (κ3) is 1.66. The molecule has 3 nitrogen and oxygen atoms in total. The maximum atomic E-state index is 5.51. The highest BCUT2D eigenvalue weighted by Crippen LogP contribution is 2.20. The van der Waals surface area contributed by atoms with Gasteiger partial charge in [-0.3, -0.25) is 0 Å². The highest BCUT2D eigenvalue weighted by atomic mass is 16.4. The minimum absolute atomic E-state index is 0.278. The van der Waals surface area contributed by atoms with Crippen molar-refractivity contribution in [2.45, 2.75) is 19.8 Å². The van der Waals surface area contributed by atoms with Gasteiger partial charge in [-0.1, -0.05) is 32.0 Å². The maximum absolute atomic E-state index is 5.51. The molecule has 0 spiro atoms. The standard InChI is InChI=1S/C11H12N2O/c1-8(2)10-12-13-11(14-10)9-6-4-3-5-7-9/h3-8H,1-2H3. The van der Waals surface area contributed by atoms with Gasteiger partial charge >= 0.3 is 0 Å². The molecule has 2 aromatic rings. The second-order valence-electron chi connectivity index (χ2n) is 3.47. The van der Waals surface area contributed by atoms with E-state index < -0.39 is 0 Å². The lowest BCUT2D eigenvalue weighted by molar-refractivity contribution is 0.481. The van der Waals surface area contributed by atoms with Crippen LogP contribution in [-0.2, 0) is 0 Å². The number of nitrogens with zero attached hydrogens (tertiary/aromatic N) is 2. The first-order valence-corrected chi connectivity index (χ1v) is 4.66. The maximum Gasteiger partial charge on any atom is 0.247 e. The van der Waals surface area contributed by atoms with E-state index in [-0.39, 0.29) is 5.92 Å². The van der Waals surface area contributed by atoms with E-state index in [1.165, 1.54) is 0 Å². The third-order valence-electron chi connectivity index (χ3n) is 1.96. The fourth-order valence-electron chi connectivity index (χ4n) is 1.17. The van der Waals surface area contributed by atoms with Crippen molar-refractivity contribution in [2.75, 3.05) is 0 Å². The molecule has 0 bridgehead atoms. The molecule has 0 fully saturated rings. The van der Waals surface area contributed by atoms with Crippen molar-refractivity contribution in [1.29, 1.82) is 0 Å². The topological polar surface area (TPSA) is 38.9 Å². The monoisotopic (exact) mass is 188 g/mol. The molecule has 72 valence electrons. The minimum Gasteiger partial charge on any atom is -0.420 e. The van der Waals surface area contributed by atoms with Crippen LogP contribution in [0.25, 0.3) is 11.5 Å². The quantitative estimate of drug-likeness (QED) is 0.727. The highest BCUT2D eigenvalue weighted by molar-refractivity contribution is 5.51. The molecule has 1 aromatic carbocycles. The molecule has 0 aliphatic heterocycles. The van der Waals surface area contributed by atoms with Crippen molar-refractivity contribution in [1.82, 2.24) is 10.2 Å². The molecule has 3 heteroatoms. The number of benzene rings is 1. The van der Waals surface area contributed by atoms with Crippen LogP contribution in [0.2, 0.25) is 0 Å². The lowest BCUT2D eigenvalue weighted by Crippen LogP contribution is -1.85. The molecular formula is C11H12N2O. The molecule has 2 rings (SSSR count).